The van der Waals surface area contributed by atoms with Gasteiger partial charge in [0.1, 0.15) is 11.8 Å². The molecular formula is C17H21ClN2O5. The molecule has 0 bridgehead atoms. The average molecular weight is 369 g/mol. The molecule has 1 saturated heterocycles. The van der Waals surface area contributed by atoms with Gasteiger partial charge >= 0.3 is 5.97 Å². The highest BCUT2D eigenvalue weighted by molar-refractivity contribution is 6.32. The lowest BCUT2D eigenvalue weighted by Gasteiger charge is -2.34. The van der Waals surface area contributed by atoms with E-state index < -0.39 is 18.6 Å². The largest absolute Gasteiger partial charge is 0.480 e. The summed E-state index contributed by atoms with van der Waals surface area (Å²) >= 11 is 6.05. The Labute approximate surface area is 150 Å². The van der Waals surface area contributed by atoms with E-state index in [0.29, 0.717) is 25.1 Å². The molecule has 1 fully saturated rings. The summed E-state index contributed by atoms with van der Waals surface area (Å²) in [6, 6.07) is 4.08. The van der Waals surface area contributed by atoms with E-state index in [1.54, 1.807) is 17.9 Å². The Kier molecular flexibility index (Phi) is 6.64. The average Bonchev–Trinajstić information content (AvgIpc) is 2.60. The number of nitrogens with zero attached hydrogens (tertiary/aromatic N) is 1. The van der Waals surface area contributed by atoms with Gasteiger partial charge in [0.25, 0.3) is 0 Å². The minimum atomic E-state index is -1.11. The van der Waals surface area contributed by atoms with Crippen LogP contribution in [0.1, 0.15) is 32.6 Å². The van der Waals surface area contributed by atoms with Crippen molar-refractivity contribution in [2.45, 2.75) is 38.6 Å². The molecule has 2 N–H and O–H groups in total. The van der Waals surface area contributed by atoms with Gasteiger partial charge in [-0.2, -0.15) is 0 Å². The van der Waals surface area contributed by atoms with E-state index >= 15 is 0 Å². The van der Waals surface area contributed by atoms with Gasteiger partial charge in [0.15, 0.2) is 6.61 Å². The van der Waals surface area contributed by atoms with Crippen LogP contribution < -0.4 is 10.1 Å². The Morgan fingerprint density at radius 3 is 2.76 bits per heavy atom. The number of piperidine rings is 1. The van der Waals surface area contributed by atoms with Crippen LogP contribution in [0.5, 0.6) is 5.75 Å². The molecule has 0 saturated carbocycles. The molecule has 7 nitrogen and oxygen atoms in total. The highest BCUT2D eigenvalue weighted by atomic mass is 35.5. The number of carboxylic acid groups (broad SMARTS) is 1. The summed E-state index contributed by atoms with van der Waals surface area (Å²) in [4.78, 5) is 36.7. The Morgan fingerprint density at radius 2 is 2.12 bits per heavy atom. The molecule has 136 valence electrons. The van der Waals surface area contributed by atoms with Gasteiger partial charge in [0, 0.05) is 18.7 Å². The first-order valence-electron chi connectivity index (χ1n) is 8.16. The Morgan fingerprint density at radius 1 is 1.36 bits per heavy atom. The number of halogens is 1. The molecule has 1 aromatic carbocycles. The van der Waals surface area contributed by atoms with Crippen molar-refractivity contribution >= 4 is 35.1 Å². The lowest BCUT2D eigenvalue weighted by molar-refractivity contribution is -0.140. The Balaban J connectivity index is 2.05. The van der Waals surface area contributed by atoms with Gasteiger partial charge in [-0.25, -0.2) is 4.79 Å². The molecule has 1 heterocycles. The van der Waals surface area contributed by atoms with Gasteiger partial charge < -0.3 is 20.1 Å². The van der Waals surface area contributed by atoms with Crippen molar-refractivity contribution in [3.63, 3.8) is 0 Å². The molecule has 0 spiro atoms. The SMILES string of the molecule is CCC(=O)N1CCCCC1C(=O)Nc1ccc(OCC(=O)O)c(Cl)c1. The van der Waals surface area contributed by atoms with Gasteiger partial charge in [0.05, 0.1) is 5.02 Å². The van der Waals surface area contributed by atoms with Crippen LogP contribution in [0.4, 0.5) is 5.69 Å². The first kappa shape index (κ1) is 19.1. The van der Waals surface area contributed by atoms with Gasteiger partial charge in [0.2, 0.25) is 11.8 Å². The topological polar surface area (TPSA) is 95.9 Å². The first-order valence-corrected chi connectivity index (χ1v) is 8.54. The van der Waals surface area contributed by atoms with Crippen molar-refractivity contribution in [1.29, 1.82) is 0 Å². The fourth-order valence-corrected chi connectivity index (χ4v) is 3.00. The summed E-state index contributed by atoms with van der Waals surface area (Å²) in [5.41, 5.74) is 0.465. The molecule has 1 atom stereocenters. The van der Waals surface area contributed by atoms with Gasteiger partial charge in [-0.05, 0) is 37.5 Å². The van der Waals surface area contributed by atoms with E-state index in [-0.39, 0.29) is 22.6 Å². The minimum absolute atomic E-state index is 0.0321. The molecule has 2 rings (SSSR count). The molecule has 8 heteroatoms. The van der Waals surface area contributed by atoms with Crippen LogP contribution >= 0.6 is 11.6 Å². The van der Waals surface area contributed by atoms with E-state index in [1.807, 2.05) is 0 Å². The molecule has 1 unspecified atom stereocenters. The number of anilines is 1. The highest BCUT2D eigenvalue weighted by Crippen LogP contribution is 2.28. The fourth-order valence-electron chi connectivity index (χ4n) is 2.77. The lowest BCUT2D eigenvalue weighted by Crippen LogP contribution is -2.49. The second kappa shape index (κ2) is 8.71. The summed E-state index contributed by atoms with van der Waals surface area (Å²) in [5.74, 6) is -1.17. The molecule has 0 radical (unpaired) electrons. The third-order valence-corrected chi connectivity index (χ3v) is 4.27. The van der Waals surface area contributed by atoms with Crippen LogP contribution in [0, 0.1) is 0 Å². The van der Waals surface area contributed by atoms with E-state index in [2.05, 4.69) is 5.32 Å². The summed E-state index contributed by atoms with van der Waals surface area (Å²) in [6.07, 6.45) is 2.79. The van der Waals surface area contributed by atoms with Crippen LogP contribution in [-0.4, -0.2) is 47.0 Å². The predicted octanol–water partition coefficient (Wildman–Crippen LogP) is 2.53. The number of rotatable bonds is 6. The maximum atomic E-state index is 12.6. The number of carbonyl (C=O) groups is 3. The molecular weight excluding hydrogens is 348 g/mol. The first-order chi connectivity index (χ1) is 11.9. The van der Waals surface area contributed by atoms with Crippen LogP contribution in [0.3, 0.4) is 0 Å². The third-order valence-electron chi connectivity index (χ3n) is 3.98. The van der Waals surface area contributed by atoms with Crippen molar-refractivity contribution in [1.82, 2.24) is 4.90 Å². The number of benzene rings is 1. The summed E-state index contributed by atoms with van der Waals surface area (Å²) < 4.78 is 5.04. The van der Waals surface area contributed by atoms with E-state index in [1.165, 1.54) is 12.1 Å². The zero-order chi connectivity index (χ0) is 18.4. The second-order valence-electron chi connectivity index (χ2n) is 5.77. The number of aliphatic carboxylic acids is 1. The number of hydrogen-bond acceptors (Lipinski definition) is 4. The quantitative estimate of drug-likeness (QED) is 0.804. The maximum Gasteiger partial charge on any atom is 0.341 e. The highest BCUT2D eigenvalue weighted by Gasteiger charge is 2.31. The van der Waals surface area contributed by atoms with Crippen molar-refractivity contribution in [2.24, 2.45) is 0 Å². The van der Waals surface area contributed by atoms with Gasteiger partial charge in [-0.15, -0.1) is 0 Å². The number of ether oxygens (including phenoxy) is 1. The van der Waals surface area contributed by atoms with E-state index in [0.717, 1.165) is 12.8 Å². The number of nitrogens with one attached hydrogen (secondary N) is 1. The maximum absolute atomic E-state index is 12.6. The number of hydrogen-bond donors (Lipinski definition) is 2. The summed E-state index contributed by atoms with van der Waals surface area (Å²) in [7, 11) is 0. The number of carboxylic acids is 1. The summed E-state index contributed by atoms with van der Waals surface area (Å²) in [5, 5.41) is 11.6. The van der Waals surface area contributed by atoms with Gasteiger partial charge in [-0.1, -0.05) is 18.5 Å². The van der Waals surface area contributed by atoms with E-state index in [4.69, 9.17) is 21.4 Å². The van der Waals surface area contributed by atoms with Crippen LogP contribution in [0.2, 0.25) is 5.02 Å². The molecule has 0 aromatic heterocycles. The number of amides is 2. The lowest BCUT2D eigenvalue weighted by atomic mass is 10.0. The van der Waals surface area contributed by atoms with E-state index in [9.17, 15) is 14.4 Å². The van der Waals surface area contributed by atoms with Crippen molar-refractivity contribution in [2.75, 3.05) is 18.5 Å². The molecule has 25 heavy (non-hydrogen) atoms. The summed E-state index contributed by atoms with van der Waals surface area (Å²) in [6.45, 7) is 1.87. The standard InChI is InChI=1S/C17H21ClN2O5/c1-2-15(21)20-8-4-3-5-13(20)17(24)19-11-6-7-14(12(18)9-11)25-10-16(22)23/h6-7,9,13H,2-5,8,10H2,1H3,(H,19,24)(H,22,23). The molecule has 1 aliphatic heterocycles. The third kappa shape index (κ3) is 5.09. The molecule has 2 amide bonds. The molecule has 1 aromatic rings. The van der Waals surface area contributed by atoms with Gasteiger partial charge in [-0.3, -0.25) is 9.59 Å². The Hall–Kier alpha value is -2.28. The van der Waals surface area contributed by atoms with Crippen LogP contribution in [0.25, 0.3) is 0 Å². The smallest absolute Gasteiger partial charge is 0.341 e. The number of likely N-dealkylation sites (tertiary alicyclic amines) is 1. The second-order valence-corrected chi connectivity index (χ2v) is 6.18. The Bertz CT molecular complexity index is 664. The fraction of sp³-hybridized carbons (Fsp3) is 0.471. The minimum Gasteiger partial charge on any atom is -0.480 e. The van der Waals surface area contributed by atoms with Crippen LogP contribution in [0.15, 0.2) is 18.2 Å². The van der Waals surface area contributed by atoms with Crippen molar-refractivity contribution in [3.05, 3.63) is 23.2 Å². The monoisotopic (exact) mass is 368 g/mol. The normalized spacial score (nSPS) is 17.0. The predicted molar refractivity (Wildman–Crippen MR) is 92.9 cm³/mol. The van der Waals surface area contributed by atoms with Crippen LogP contribution in [-0.2, 0) is 14.4 Å². The molecule has 1 aliphatic rings. The van der Waals surface area contributed by atoms with Crippen molar-refractivity contribution < 1.29 is 24.2 Å². The molecule has 0 aliphatic carbocycles. The van der Waals surface area contributed by atoms with Crippen molar-refractivity contribution in [3.8, 4) is 5.75 Å². The zero-order valence-corrected chi connectivity index (χ0v) is 14.7. The number of carbonyl (C=O) groups excluding carboxylic acids is 2. The zero-order valence-electron chi connectivity index (χ0n) is 14.0.